The van der Waals surface area contributed by atoms with Crippen molar-refractivity contribution in [2.75, 3.05) is 13.2 Å². The molecule has 0 spiro atoms. The Labute approximate surface area is 152 Å². The Bertz CT molecular complexity index is 800. The number of amides is 3. The minimum atomic E-state index is -0.957. The molecule has 0 radical (unpaired) electrons. The molecular formula is C20H24N2O4. The van der Waals surface area contributed by atoms with E-state index >= 15 is 0 Å². The molecule has 1 aliphatic rings. The monoisotopic (exact) mass is 356 g/mol. The van der Waals surface area contributed by atoms with Gasteiger partial charge in [0.15, 0.2) is 0 Å². The Morgan fingerprint density at radius 3 is 2.65 bits per heavy atom. The number of benzene rings is 2. The summed E-state index contributed by atoms with van der Waals surface area (Å²) in [6, 6.07) is 12.6. The molecule has 0 aromatic heterocycles. The quantitative estimate of drug-likeness (QED) is 0.747. The van der Waals surface area contributed by atoms with E-state index in [0.29, 0.717) is 18.1 Å². The Morgan fingerprint density at radius 2 is 1.88 bits per heavy atom. The molecule has 138 valence electrons. The van der Waals surface area contributed by atoms with Gasteiger partial charge in [-0.05, 0) is 23.8 Å². The highest BCUT2D eigenvalue weighted by molar-refractivity contribution is 6.04. The summed E-state index contributed by atoms with van der Waals surface area (Å²) in [7, 11) is 0. The van der Waals surface area contributed by atoms with Gasteiger partial charge in [0.05, 0.1) is 6.54 Å². The predicted octanol–water partition coefficient (Wildman–Crippen LogP) is 2.55. The summed E-state index contributed by atoms with van der Waals surface area (Å²) in [6.07, 6.45) is -0.370. The molecule has 2 aromatic rings. The highest BCUT2D eigenvalue weighted by Crippen LogP contribution is 2.25. The molecule has 2 N–H and O–H groups in total. The third-order valence-corrected chi connectivity index (χ3v) is 4.39. The van der Waals surface area contributed by atoms with Crippen LogP contribution in [0.15, 0.2) is 42.5 Å². The molecular weight excluding hydrogens is 332 g/mol. The number of aliphatic hydroxyl groups is 1. The van der Waals surface area contributed by atoms with Crippen LogP contribution in [-0.4, -0.2) is 47.2 Å². The van der Waals surface area contributed by atoms with Crippen molar-refractivity contribution in [2.45, 2.75) is 32.4 Å². The van der Waals surface area contributed by atoms with E-state index in [1.807, 2.05) is 56.3 Å². The molecule has 0 saturated carbocycles. The van der Waals surface area contributed by atoms with Gasteiger partial charge in [-0.15, -0.1) is 0 Å². The number of rotatable bonds is 7. The van der Waals surface area contributed by atoms with Crippen LogP contribution in [0.4, 0.5) is 4.79 Å². The van der Waals surface area contributed by atoms with E-state index in [1.54, 1.807) is 0 Å². The summed E-state index contributed by atoms with van der Waals surface area (Å²) in [4.78, 5) is 25.4. The van der Waals surface area contributed by atoms with Crippen molar-refractivity contribution in [3.05, 3.63) is 42.5 Å². The topological polar surface area (TPSA) is 78.9 Å². The summed E-state index contributed by atoms with van der Waals surface area (Å²) in [6.45, 7) is 3.91. The average Bonchev–Trinajstić information content (AvgIpc) is 2.86. The summed E-state index contributed by atoms with van der Waals surface area (Å²) in [5.41, 5.74) is 0. The molecule has 2 atom stereocenters. The van der Waals surface area contributed by atoms with Crippen molar-refractivity contribution in [1.82, 2.24) is 10.2 Å². The van der Waals surface area contributed by atoms with Gasteiger partial charge in [-0.3, -0.25) is 9.69 Å². The van der Waals surface area contributed by atoms with Gasteiger partial charge in [0.1, 0.15) is 24.5 Å². The van der Waals surface area contributed by atoms with Crippen molar-refractivity contribution >= 4 is 22.7 Å². The van der Waals surface area contributed by atoms with E-state index in [0.717, 1.165) is 15.7 Å². The van der Waals surface area contributed by atoms with Gasteiger partial charge in [0.25, 0.3) is 5.91 Å². The van der Waals surface area contributed by atoms with E-state index in [2.05, 4.69) is 5.32 Å². The summed E-state index contributed by atoms with van der Waals surface area (Å²) < 4.78 is 5.73. The summed E-state index contributed by atoms with van der Waals surface area (Å²) in [5.74, 6) is 0.675. The smallest absolute Gasteiger partial charge is 0.324 e. The molecule has 26 heavy (non-hydrogen) atoms. The maximum Gasteiger partial charge on any atom is 0.324 e. The number of nitrogens with zero attached hydrogens (tertiary/aromatic N) is 1. The van der Waals surface area contributed by atoms with Crippen LogP contribution in [0.2, 0.25) is 0 Å². The first kappa shape index (κ1) is 18.2. The number of fused-ring (bicyclic) bond motifs is 1. The molecule has 6 nitrogen and oxygen atoms in total. The molecule has 6 heteroatoms. The van der Waals surface area contributed by atoms with E-state index in [4.69, 9.17) is 4.74 Å². The first-order chi connectivity index (χ1) is 12.5. The van der Waals surface area contributed by atoms with Gasteiger partial charge in [-0.25, -0.2) is 4.79 Å². The highest BCUT2D eigenvalue weighted by Gasteiger charge is 2.38. The van der Waals surface area contributed by atoms with Crippen molar-refractivity contribution in [1.29, 1.82) is 0 Å². The standard InChI is InChI=1S/C20H24N2O4/c1-13(2)10-17-19(24)22(20(25)21-17)11-15(23)12-26-18-9-5-7-14-6-3-4-8-16(14)18/h3-9,13,15,17,23H,10-12H2,1-2H3,(H,21,25)/t15-,17+/m1/s1. The van der Waals surface area contributed by atoms with Gasteiger partial charge in [0, 0.05) is 5.39 Å². The molecule has 0 aliphatic carbocycles. The van der Waals surface area contributed by atoms with E-state index in [1.165, 1.54) is 0 Å². The number of hydrogen-bond acceptors (Lipinski definition) is 4. The fourth-order valence-corrected chi connectivity index (χ4v) is 3.15. The van der Waals surface area contributed by atoms with Crippen LogP contribution in [0.3, 0.4) is 0 Å². The second-order valence-corrected chi connectivity index (χ2v) is 7.02. The molecule has 0 bridgehead atoms. The van der Waals surface area contributed by atoms with E-state index in [9.17, 15) is 14.7 Å². The zero-order valence-electron chi connectivity index (χ0n) is 15.0. The molecule has 3 rings (SSSR count). The Kier molecular flexibility index (Phi) is 5.42. The average molecular weight is 356 g/mol. The third-order valence-electron chi connectivity index (χ3n) is 4.39. The summed E-state index contributed by atoms with van der Waals surface area (Å²) in [5, 5.41) is 14.9. The molecule has 1 heterocycles. The molecule has 2 aromatic carbocycles. The largest absolute Gasteiger partial charge is 0.490 e. The normalized spacial score (nSPS) is 18.5. The minimum absolute atomic E-state index is 0.0000845. The molecule has 0 unspecified atom stereocenters. The van der Waals surface area contributed by atoms with Crippen molar-refractivity contribution < 1.29 is 19.4 Å². The number of β-amino-alcohol motifs (C(OH)–C–C–N with tert-alkyl or cyclic N) is 1. The number of imide groups is 1. The second kappa shape index (κ2) is 7.74. The lowest BCUT2D eigenvalue weighted by Gasteiger charge is -2.19. The molecule has 1 saturated heterocycles. The molecule has 1 fully saturated rings. The van der Waals surface area contributed by atoms with Crippen molar-refractivity contribution in [3.63, 3.8) is 0 Å². The van der Waals surface area contributed by atoms with Crippen LogP contribution in [0, 0.1) is 5.92 Å². The fourth-order valence-electron chi connectivity index (χ4n) is 3.15. The Balaban J connectivity index is 1.59. The van der Waals surface area contributed by atoms with Crippen LogP contribution in [-0.2, 0) is 4.79 Å². The number of ether oxygens (including phenoxy) is 1. The number of urea groups is 1. The van der Waals surface area contributed by atoms with Gasteiger partial charge in [-0.2, -0.15) is 0 Å². The van der Waals surface area contributed by atoms with Gasteiger partial charge in [0.2, 0.25) is 0 Å². The number of hydrogen-bond donors (Lipinski definition) is 2. The number of nitrogens with one attached hydrogen (secondary N) is 1. The minimum Gasteiger partial charge on any atom is -0.490 e. The van der Waals surface area contributed by atoms with Crippen LogP contribution in [0.25, 0.3) is 10.8 Å². The lowest BCUT2D eigenvalue weighted by molar-refractivity contribution is -0.128. The maximum atomic E-state index is 12.3. The molecule has 1 aliphatic heterocycles. The first-order valence-corrected chi connectivity index (χ1v) is 8.86. The zero-order valence-corrected chi connectivity index (χ0v) is 15.0. The van der Waals surface area contributed by atoms with Crippen molar-refractivity contribution in [2.24, 2.45) is 5.92 Å². The van der Waals surface area contributed by atoms with Crippen LogP contribution in [0.5, 0.6) is 5.75 Å². The Hall–Kier alpha value is -2.60. The summed E-state index contributed by atoms with van der Waals surface area (Å²) >= 11 is 0. The highest BCUT2D eigenvalue weighted by atomic mass is 16.5. The molecule has 3 amide bonds. The maximum absolute atomic E-state index is 12.3. The van der Waals surface area contributed by atoms with Crippen molar-refractivity contribution in [3.8, 4) is 5.75 Å². The lowest BCUT2D eigenvalue weighted by atomic mass is 10.0. The number of carbonyl (C=O) groups excluding carboxylic acids is 2. The SMILES string of the molecule is CC(C)C[C@@H]1NC(=O)N(C[C@@H](O)COc2cccc3ccccc23)C1=O. The predicted molar refractivity (Wildman–Crippen MR) is 98.9 cm³/mol. The van der Waals surface area contributed by atoms with Gasteiger partial charge >= 0.3 is 6.03 Å². The first-order valence-electron chi connectivity index (χ1n) is 8.86. The van der Waals surface area contributed by atoms with Crippen LogP contribution in [0.1, 0.15) is 20.3 Å². The Morgan fingerprint density at radius 1 is 1.15 bits per heavy atom. The third kappa shape index (κ3) is 3.96. The van der Waals surface area contributed by atoms with Crippen LogP contribution >= 0.6 is 0 Å². The number of aliphatic hydroxyl groups excluding tert-OH is 1. The fraction of sp³-hybridized carbons (Fsp3) is 0.400. The zero-order chi connectivity index (χ0) is 18.7. The second-order valence-electron chi connectivity index (χ2n) is 7.02. The lowest BCUT2D eigenvalue weighted by Crippen LogP contribution is -2.40. The van der Waals surface area contributed by atoms with Crippen LogP contribution < -0.4 is 10.1 Å². The number of carbonyl (C=O) groups is 2. The van der Waals surface area contributed by atoms with Gasteiger partial charge in [-0.1, -0.05) is 50.2 Å². The van der Waals surface area contributed by atoms with Gasteiger partial charge < -0.3 is 15.2 Å². The van der Waals surface area contributed by atoms with E-state index in [-0.39, 0.29) is 19.1 Å². The van der Waals surface area contributed by atoms with E-state index < -0.39 is 18.2 Å².